The Bertz CT molecular complexity index is 506. The SMILES string of the molecule is Clc1ccc(C=Nc2ccccc2I)cc1. The Morgan fingerprint density at radius 3 is 2.38 bits per heavy atom. The number of benzene rings is 2. The first-order valence-electron chi connectivity index (χ1n) is 4.80. The van der Waals surface area contributed by atoms with Gasteiger partial charge in [0.2, 0.25) is 0 Å². The highest BCUT2D eigenvalue weighted by molar-refractivity contribution is 14.1. The predicted octanol–water partition coefficient (Wildman–Crippen LogP) is 4.70. The highest BCUT2D eigenvalue weighted by Gasteiger charge is 1.94. The van der Waals surface area contributed by atoms with E-state index in [2.05, 4.69) is 27.6 Å². The summed E-state index contributed by atoms with van der Waals surface area (Å²) in [5.41, 5.74) is 2.03. The summed E-state index contributed by atoms with van der Waals surface area (Å²) in [4.78, 5) is 4.43. The topological polar surface area (TPSA) is 12.4 Å². The van der Waals surface area contributed by atoms with Crippen LogP contribution in [0.5, 0.6) is 0 Å². The number of hydrogen-bond donors (Lipinski definition) is 0. The molecule has 16 heavy (non-hydrogen) atoms. The molecule has 3 heteroatoms. The highest BCUT2D eigenvalue weighted by Crippen LogP contribution is 2.20. The lowest BCUT2D eigenvalue weighted by molar-refractivity contribution is 1.49. The summed E-state index contributed by atoms with van der Waals surface area (Å²) in [6, 6.07) is 15.6. The molecule has 2 aromatic rings. The maximum absolute atomic E-state index is 5.81. The van der Waals surface area contributed by atoms with E-state index in [1.807, 2.05) is 54.7 Å². The van der Waals surface area contributed by atoms with Gasteiger partial charge in [-0.2, -0.15) is 0 Å². The molecule has 0 aromatic heterocycles. The maximum atomic E-state index is 5.81. The van der Waals surface area contributed by atoms with Gasteiger partial charge < -0.3 is 0 Å². The molecule has 0 amide bonds. The molecule has 0 atom stereocenters. The van der Waals surface area contributed by atoms with E-state index in [4.69, 9.17) is 11.6 Å². The van der Waals surface area contributed by atoms with Crippen LogP contribution in [0.3, 0.4) is 0 Å². The zero-order valence-electron chi connectivity index (χ0n) is 8.40. The molecule has 0 saturated heterocycles. The minimum absolute atomic E-state index is 0.742. The van der Waals surface area contributed by atoms with Gasteiger partial charge in [-0.3, -0.25) is 4.99 Å². The summed E-state index contributed by atoms with van der Waals surface area (Å²) >= 11 is 8.08. The van der Waals surface area contributed by atoms with E-state index in [1.165, 1.54) is 0 Å². The Kier molecular flexibility index (Phi) is 3.96. The first-order valence-corrected chi connectivity index (χ1v) is 6.25. The van der Waals surface area contributed by atoms with Crippen LogP contribution in [0.4, 0.5) is 5.69 Å². The van der Waals surface area contributed by atoms with Crippen LogP contribution in [0.15, 0.2) is 53.5 Å². The van der Waals surface area contributed by atoms with Crippen LogP contribution in [0, 0.1) is 3.57 Å². The molecule has 0 bridgehead atoms. The average Bonchev–Trinajstić information content (AvgIpc) is 2.30. The average molecular weight is 342 g/mol. The summed E-state index contributed by atoms with van der Waals surface area (Å²) in [6.45, 7) is 0. The molecule has 0 heterocycles. The van der Waals surface area contributed by atoms with E-state index in [9.17, 15) is 0 Å². The lowest BCUT2D eigenvalue weighted by Crippen LogP contribution is -1.80. The highest BCUT2D eigenvalue weighted by atomic mass is 127. The van der Waals surface area contributed by atoms with Gasteiger partial charge in [0.25, 0.3) is 0 Å². The molecule has 80 valence electrons. The van der Waals surface area contributed by atoms with Gasteiger partial charge in [0.1, 0.15) is 0 Å². The summed E-state index contributed by atoms with van der Waals surface area (Å²) < 4.78 is 1.14. The monoisotopic (exact) mass is 341 g/mol. The summed E-state index contributed by atoms with van der Waals surface area (Å²) in [6.07, 6.45) is 1.84. The van der Waals surface area contributed by atoms with Crippen LogP contribution in [0.25, 0.3) is 0 Å². The van der Waals surface area contributed by atoms with Crippen LogP contribution < -0.4 is 0 Å². The predicted molar refractivity (Wildman–Crippen MR) is 77.9 cm³/mol. The number of aliphatic imine (C=N–C) groups is 1. The van der Waals surface area contributed by atoms with E-state index in [-0.39, 0.29) is 0 Å². The molecule has 0 fully saturated rings. The van der Waals surface area contributed by atoms with Crippen molar-refractivity contribution in [2.45, 2.75) is 0 Å². The molecule has 0 spiro atoms. The number of halogens is 2. The van der Waals surface area contributed by atoms with Crippen molar-refractivity contribution in [3.8, 4) is 0 Å². The Balaban J connectivity index is 2.21. The zero-order valence-corrected chi connectivity index (χ0v) is 11.3. The Hall–Kier alpha value is -0.870. The van der Waals surface area contributed by atoms with Gasteiger partial charge in [0.05, 0.1) is 5.69 Å². The fourth-order valence-corrected chi connectivity index (χ4v) is 1.90. The van der Waals surface area contributed by atoms with E-state index in [1.54, 1.807) is 0 Å². The molecular weight excluding hydrogens is 333 g/mol. The first-order chi connectivity index (χ1) is 7.75. The van der Waals surface area contributed by atoms with Gasteiger partial charge in [0.15, 0.2) is 0 Å². The second-order valence-electron chi connectivity index (χ2n) is 3.26. The van der Waals surface area contributed by atoms with Crippen molar-refractivity contribution in [2.24, 2.45) is 4.99 Å². The molecular formula is C13H9ClIN. The minimum Gasteiger partial charge on any atom is -0.255 e. The van der Waals surface area contributed by atoms with Gasteiger partial charge in [-0.25, -0.2) is 0 Å². The fraction of sp³-hybridized carbons (Fsp3) is 0. The molecule has 2 aromatic carbocycles. The van der Waals surface area contributed by atoms with Crippen LogP contribution >= 0.6 is 34.2 Å². The van der Waals surface area contributed by atoms with E-state index in [0.29, 0.717) is 0 Å². The van der Waals surface area contributed by atoms with Crippen molar-refractivity contribution in [3.05, 3.63) is 62.7 Å². The van der Waals surface area contributed by atoms with Crippen molar-refractivity contribution in [1.29, 1.82) is 0 Å². The van der Waals surface area contributed by atoms with Gasteiger partial charge in [-0.05, 0) is 52.4 Å². The molecule has 0 unspecified atom stereocenters. The number of para-hydroxylation sites is 1. The lowest BCUT2D eigenvalue weighted by atomic mass is 10.2. The second kappa shape index (κ2) is 5.46. The molecule has 0 aliphatic carbocycles. The number of nitrogens with zero attached hydrogens (tertiary/aromatic N) is 1. The maximum Gasteiger partial charge on any atom is 0.0763 e. The standard InChI is InChI=1S/C13H9ClIN/c14-11-7-5-10(6-8-11)9-16-13-4-2-1-3-12(13)15/h1-9H. The summed E-state index contributed by atoms with van der Waals surface area (Å²) in [5, 5.41) is 0.742. The second-order valence-corrected chi connectivity index (χ2v) is 4.86. The van der Waals surface area contributed by atoms with E-state index in [0.717, 1.165) is 19.8 Å². The smallest absolute Gasteiger partial charge is 0.0763 e. The lowest BCUT2D eigenvalue weighted by Gasteiger charge is -1.97. The molecule has 1 nitrogen and oxygen atoms in total. The largest absolute Gasteiger partial charge is 0.255 e. The molecule has 0 radical (unpaired) electrons. The van der Waals surface area contributed by atoms with Crippen molar-refractivity contribution in [1.82, 2.24) is 0 Å². The minimum atomic E-state index is 0.742. The molecule has 0 aliphatic heterocycles. The molecule has 2 rings (SSSR count). The van der Waals surface area contributed by atoms with E-state index < -0.39 is 0 Å². The third-order valence-electron chi connectivity index (χ3n) is 2.08. The first kappa shape index (κ1) is 11.6. The van der Waals surface area contributed by atoms with Gasteiger partial charge in [0, 0.05) is 14.8 Å². The quantitative estimate of drug-likeness (QED) is 0.555. The number of hydrogen-bond acceptors (Lipinski definition) is 1. The van der Waals surface area contributed by atoms with E-state index >= 15 is 0 Å². The third kappa shape index (κ3) is 3.06. The van der Waals surface area contributed by atoms with Crippen LogP contribution in [-0.4, -0.2) is 6.21 Å². The van der Waals surface area contributed by atoms with Gasteiger partial charge in [-0.15, -0.1) is 0 Å². The Morgan fingerprint density at radius 2 is 1.69 bits per heavy atom. The van der Waals surface area contributed by atoms with Gasteiger partial charge >= 0.3 is 0 Å². The Morgan fingerprint density at radius 1 is 1.00 bits per heavy atom. The zero-order chi connectivity index (χ0) is 11.4. The van der Waals surface area contributed by atoms with Crippen LogP contribution in [-0.2, 0) is 0 Å². The number of rotatable bonds is 2. The van der Waals surface area contributed by atoms with Crippen LogP contribution in [0.2, 0.25) is 5.02 Å². The van der Waals surface area contributed by atoms with Crippen molar-refractivity contribution in [2.75, 3.05) is 0 Å². The molecule has 0 saturated carbocycles. The normalized spacial score (nSPS) is 10.9. The summed E-state index contributed by atoms with van der Waals surface area (Å²) in [5.74, 6) is 0. The van der Waals surface area contributed by atoms with Crippen LogP contribution in [0.1, 0.15) is 5.56 Å². The van der Waals surface area contributed by atoms with Gasteiger partial charge in [-0.1, -0.05) is 35.9 Å². The fourth-order valence-electron chi connectivity index (χ4n) is 1.25. The van der Waals surface area contributed by atoms with Crippen molar-refractivity contribution in [3.63, 3.8) is 0 Å². The molecule has 0 N–H and O–H groups in total. The summed E-state index contributed by atoms with van der Waals surface area (Å²) in [7, 11) is 0. The molecule has 0 aliphatic rings. The van der Waals surface area contributed by atoms with Crippen molar-refractivity contribution < 1.29 is 0 Å². The third-order valence-corrected chi connectivity index (χ3v) is 3.24. The Labute approximate surface area is 113 Å². The van der Waals surface area contributed by atoms with Crippen molar-refractivity contribution >= 4 is 46.1 Å².